The van der Waals surface area contributed by atoms with Crippen molar-refractivity contribution in [3.8, 4) is 44.9 Å². The van der Waals surface area contributed by atoms with Crippen molar-refractivity contribution in [2.24, 2.45) is 5.92 Å². The summed E-state index contributed by atoms with van der Waals surface area (Å²) in [5.41, 5.74) is 18.1. The molecule has 1 heterocycles. The van der Waals surface area contributed by atoms with Gasteiger partial charge in [0.2, 0.25) is 0 Å². The molecule has 6 aliphatic rings. The maximum atomic E-state index is 7.23. The van der Waals surface area contributed by atoms with Crippen LogP contribution in [0.1, 0.15) is 41.0 Å². The molecule has 0 amide bonds. The number of rotatable bonds is 6. The maximum absolute atomic E-state index is 7.23. The first kappa shape index (κ1) is 37.0. The first-order chi connectivity index (χ1) is 31.7. The Morgan fingerprint density at radius 2 is 1.17 bits per heavy atom. The molecule has 7 aromatic carbocycles. The monoisotopic (exact) mass is 823 g/mol. The number of allylic oxidation sites excluding steroid dienone is 9. The van der Waals surface area contributed by atoms with E-state index in [2.05, 4.69) is 229 Å². The van der Waals surface area contributed by atoms with Gasteiger partial charge in [-0.2, -0.15) is 0 Å². The van der Waals surface area contributed by atoms with Crippen LogP contribution in [-0.2, 0) is 5.41 Å². The van der Waals surface area contributed by atoms with E-state index in [1.165, 1.54) is 50.1 Å². The first-order valence-corrected chi connectivity index (χ1v) is 22.7. The molecule has 7 aromatic rings. The van der Waals surface area contributed by atoms with Gasteiger partial charge in [-0.25, -0.2) is 0 Å². The lowest BCUT2D eigenvalue weighted by molar-refractivity contribution is 0.0746. The number of anilines is 2. The van der Waals surface area contributed by atoms with Gasteiger partial charge in [0.15, 0.2) is 23.7 Å². The number of nitrogens with zero attached hydrogens (tertiary/aromatic N) is 1. The normalized spacial score (nSPS) is 22.7. The summed E-state index contributed by atoms with van der Waals surface area (Å²) in [7, 11) is 0. The average molecular weight is 824 g/mol. The molecule has 64 heavy (non-hydrogen) atoms. The zero-order valence-corrected chi connectivity index (χ0v) is 35.3. The fourth-order valence-electron chi connectivity index (χ4n) is 11.6. The SMILES string of the molecule is C1=CC2c3cc4c(cc3C3(C5=CCCC=C5c5ccccc53)C2C=C1)OC1C=C(N(c2cccc(-c3ccccc3)c2)c2ccc(-c3ccccc3)cc2-c2ccccc2)C=CC1O4. The lowest BCUT2D eigenvalue weighted by Crippen LogP contribution is -2.40. The Balaban J connectivity index is 0.953. The minimum Gasteiger partial charge on any atom is -0.478 e. The van der Waals surface area contributed by atoms with Gasteiger partial charge in [-0.15, -0.1) is 0 Å². The molecule has 0 fully saturated rings. The zero-order valence-electron chi connectivity index (χ0n) is 35.3. The number of benzene rings is 7. The molecular weight excluding hydrogens is 779 g/mol. The fraction of sp³-hybridized carbons (Fsp3) is 0.115. The van der Waals surface area contributed by atoms with E-state index >= 15 is 0 Å². The van der Waals surface area contributed by atoms with E-state index in [4.69, 9.17) is 9.47 Å². The van der Waals surface area contributed by atoms with Crippen LogP contribution in [0.3, 0.4) is 0 Å². The Morgan fingerprint density at radius 3 is 1.98 bits per heavy atom. The highest BCUT2D eigenvalue weighted by atomic mass is 16.6. The van der Waals surface area contributed by atoms with Gasteiger partial charge in [-0.1, -0.05) is 170 Å². The molecule has 0 bridgehead atoms. The van der Waals surface area contributed by atoms with Crippen LogP contribution in [0.25, 0.3) is 39.0 Å². The number of ether oxygens (including phenoxy) is 2. The van der Waals surface area contributed by atoms with Gasteiger partial charge in [-0.05, 0) is 129 Å². The molecule has 5 unspecified atom stereocenters. The summed E-state index contributed by atoms with van der Waals surface area (Å²) in [5.74, 6) is 2.12. The summed E-state index contributed by atoms with van der Waals surface area (Å²) in [6.07, 6.45) is 22.5. The summed E-state index contributed by atoms with van der Waals surface area (Å²) in [6.45, 7) is 0. The molecule has 13 rings (SSSR count). The summed E-state index contributed by atoms with van der Waals surface area (Å²) < 4.78 is 14.2. The molecule has 0 saturated carbocycles. The third-order valence-corrected chi connectivity index (χ3v) is 14.3. The van der Waals surface area contributed by atoms with Gasteiger partial charge in [-0.3, -0.25) is 0 Å². The molecule has 3 nitrogen and oxygen atoms in total. The van der Waals surface area contributed by atoms with E-state index < -0.39 is 0 Å². The number of fused-ring (bicyclic) bond motifs is 12. The van der Waals surface area contributed by atoms with Gasteiger partial charge in [0.25, 0.3) is 0 Å². The highest BCUT2D eigenvalue weighted by Gasteiger charge is 2.59. The lowest BCUT2D eigenvalue weighted by Gasteiger charge is -2.38. The second-order valence-corrected chi connectivity index (χ2v) is 17.7. The third-order valence-electron chi connectivity index (χ3n) is 14.3. The first-order valence-electron chi connectivity index (χ1n) is 22.7. The average Bonchev–Trinajstić information content (AvgIpc) is 3.83. The van der Waals surface area contributed by atoms with Gasteiger partial charge in [0.05, 0.1) is 11.1 Å². The lowest BCUT2D eigenvalue weighted by atomic mass is 9.64. The minimum atomic E-state index is -0.353. The molecule has 5 atom stereocenters. The van der Waals surface area contributed by atoms with Gasteiger partial charge in [0.1, 0.15) is 0 Å². The van der Waals surface area contributed by atoms with Crippen molar-refractivity contribution in [2.75, 3.05) is 4.90 Å². The quantitative estimate of drug-likeness (QED) is 0.167. The minimum absolute atomic E-state index is 0.238. The van der Waals surface area contributed by atoms with Crippen molar-refractivity contribution >= 4 is 16.9 Å². The number of hydrogen-bond donors (Lipinski definition) is 0. The van der Waals surface area contributed by atoms with E-state index in [0.29, 0.717) is 0 Å². The highest BCUT2D eigenvalue weighted by molar-refractivity contribution is 5.95. The van der Waals surface area contributed by atoms with Crippen LogP contribution in [0.5, 0.6) is 11.5 Å². The van der Waals surface area contributed by atoms with Crippen LogP contribution in [0, 0.1) is 5.92 Å². The third kappa shape index (κ3) is 5.67. The summed E-state index contributed by atoms with van der Waals surface area (Å²) in [5, 5.41) is 0. The smallest absolute Gasteiger partial charge is 0.162 e. The van der Waals surface area contributed by atoms with Crippen LogP contribution < -0.4 is 14.4 Å². The van der Waals surface area contributed by atoms with Crippen LogP contribution in [-0.4, -0.2) is 12.2 Å². The van der Waals surface area contributed by atoms with Crippen LogP contribution >= 0.6 is 0 Å². The Hall–Kier alpha value is -7.62. The van der Waals surface area contributed by atoms with Crippen molar-refractivity contribution < 1.29 is 9.47 Å². The Kier molecular flexibility index (Phi) is 8.52. The molecule has 1 aliphatic heterocycles. The molecule has 0 radical (unpaired) electrons. The van der Waals surface area contributed by atoms with Crippen LogP contribution in [0.15, 0.2) is 236 Å². The van der Waals surface area contributed by atoms with Crippen molar-refractivity contribution in [3.05, 3.63) is 258 Å². The molecule has 0 N–H and O–H groups in total. The van der Waals surface area contributed by atoms with Crippen LogP contribution in [0.2, 0.25) is 0 Å². The van der Waals surface area contributed by atoms with Crippen molar-refractivity contribution in [1.82, 2.24) is 0 Å². The predicted molar refractivity (Wildman–Crippen MR) is 261 cm³/mol. The topological polar surface area (TPSA) is 21.7 Å². The largest absolute Gasteiger partial charge is 0.478 e. The molecule has 1 spiro atoms. The summed E-state index contributed by atoms with van der Waals surface area (Å²) >= 11 is 0. The molecule has 0 saturated heterocycles. The van der Waals surface area contributed by atoms with Crippen LogP contribution in [0.4, 0.5) is 11.4 Å². The van der Waals surface area contributed by atoms with Gasteiger partial charge in [0, 0.05) is 28.8 Å². The molecule has 0 aromatic heterocycles. The van der Waals surface area contributed by atoms with E-state index in [9.17, 15) is 0 Å². The standard InChI is InChI=1S/C61H45NO2/c1-4-17-40(18-5-1)43-23-16-24-45(35-43)62(56-33-31-44(41-19-6-2-7-20-41)36-50(56)42-21-8-3-9-22-42)46-32-34-57-58(37-46)64-60-39-55-51(38-59(60)63-57)49-27-12-15-30-54(49)61(55)52-28-13-10-25-47(52)48-26-11-14-29-53(48)61/h1-10,12-13,15-39,49,54,57-58H,11,14H2. The van der Waals surface area contributed by atoms with E-state index in [1.807, 2.05) is 0 Å². The van der Waals surface area contributed by atoms with E-state index in [1.54, 1.807) is 0 Å². The second-order valence-electron chi connectivity index (χ2n) is 17.7. The van der Waals surface area contributed by atoms with Gasteiger partial charge >= 0.3 is 0 Å². The summed E-state index contributed by atoms with van der Waals surface area (Å²) in [4.78, 5) is 2.40. The Bertz CT molecular complexity index is 3190. The van der Waals surface area contributed by atoms with Crippen molar-refractivity contribution in [1.29, 1.82) is 0 Å². The molecular formula is C61H45NO2. The zero-order chi connectivity index (χ0) is 42.2. The van der Waals surface area contributed by atoms with Crippen molar-refractivity contribution in [2.45, 2.75) is 36.4 Å². The number of hydrogen-bond acceptors (Lipinski definition) is 3. The van der Waals surface area contributed by atoms with Gasteiger partial charge < -0.3 is 14.4 Å². The summed E-state index contributed by atoms with van der Waals surface area (Å²) in [6, 6.07) is 61.5. The molecule has 306 valence electrons. The maximum Gasteiger partial charge on any atom is 0.162 e. The highest BCUT2D eigenvalue weighted by Crippen LogP contribution is 2.67. The Morgan fingerprint density at radius 1 is 0.500 bits per heavy atom. The molecule has 3 heteroatoms. The van der Waals surface area contributed by atoms with E-state index in [-0.39, 0.29) is 29.5 Å². The van der Waals surface area contributed by atoms with Crippen molar-refractivity contribution in [3.63, 3.8) is 0 Å². The second kappa shape index (κ2) is 14.7. The fourth-order valence-corrected chi connectivity index (χ4v) is 11.6. The predicted octanol–water partition coefficient (Wildman–Crippen LogP) is 14.7. The van der Waals surface area contributed by atoms with E-state index in [0.717, 1.165) is 58.1 Å². The molecule has 5 aliphatic carbocycles. The Labute approximate surface area is 375 Å².